The maximum Gasteiger partial charge on any atom is 0.269 e. The molecule has 9 heteroatoms. The van der Waals surface area contributed by atoms with Gasteiger partial charge in [0, 0.05) is 60.3 Å². The van der Waals surface area contributed by atoms with Gasteiger partial charge in [0.25, 0.3) is 11.2 Å². The number of pyridine rings is 1. The van der Waals surface area contributed by atoms with Crippen molar-refractivity contribution in [2.45, 2.75) is 19.5 Å². The molecule has 0 radical (unpaired) electrons. The minimum absolute atomic E-state index is 0.00588. The molecule has 1 N–H and O–H groups in total. The van der Waals surface area contributed by atoms with Crippen molar-refractivity contribution in [1.29, 1.82) is 0 Å². The number of hydrogen-bond acceptors (Lipinski definition) is 6. The number of nitrogens with one attached hydrogen (secondary N) is 1. The first kappa shape index (κ1) is 18.3. The lowest BCUT2D eigenvalue weighted by Crippen LogP contribution is -2.35. The van der Waals surface area contributed by atoms with Crippen molar-refractivity contribution < 1.29 is 4.92 Å². The Bertz CT molecular complexity index is 1100. The zero-order valence-electron chi connectivity index (χ0n) is 14.8. The van der Waals surface area contributed by atoms with Crippen molar-refractivity contribution in [3.05, 3.63) is 85.0 Å². The Labute approximate surface area is 165 Å². The fourth-order valence-electron chi connectivity index (χ4n) is 3.31. The lowest BCUT2D eigenvalue weighted by Gasteiger charge is -2.28. The van der Waals surface area contributed by atoms with E-state index in [1.807, 2.05) is 0 Å². The highest BCUT2D eigenvalue weighted by molar-refractivity contribution is 6.31. The third kappa shape index (κ3) is 3.64. The van der Waals surface area contributed by atoms with Crippen LogP contribution in [-0.4, -0.2) is 31.3 Å². The van der Waals surface area contributed by atoms with Gasteiger partial charge in [-0.05, 0) is 30.2 Å². The summed E-state index contributed by atoms with van der Waals surface area (Å²) in [6.45, 7) is 1.56. The van der Waals surface area contributed by atoms with E-state index in [0.717, 1.165) is 5.56 Å². The SMILES string of the molecule is O=c1[nH]c(-c2ccncc2)nc2c1CCN(Cc1cc([N+](=O)[O-])ccc1Cl)C2. The number of nitro benzene ring substituents is 1. The molecule has 142 valence electrons. The Balaban J connectivity index is 1.61. The van der Waals surface area contributed by atoms with Crippen LogP contribution in [0.2, 0.25) is 5.02 Å². The van der Waals surface area contributed by atoms with Gasteiger partial charge in [-0.15, -0.1) is 0 Å². The molecule has 0 aliphatic carbocycles. The zero-order valence-corrected chi connectivity index (χ0v) is 15.5. The van der Waals surface area contributed by atoms with Crippen molar-refractivity contribution >= 4 is 17.3 Å². The molecule has 3 heterocycles. The summed E-state index contributed by atoms with van der Waals surface area (Å²) < 4.78 is 0. The number of nitrogens with zero attached hydrogens (tertiary/aromatic N) is 4. The highest BCUT2D eigenvalue weighted by Gasteiger charge is 2.22. The largest absolute Gasteiger partial charge is 0.306 e. The van der Waals surface area contributed by atoms with Gasteiger partial charge in [-0.2, -0.15) is 0 Å². The average Bonchev–Trinajstić information content (AvgIpc) is 2.70. The Kier molecular flexibility index (Phi) is 4.89. The van der Waals surface area contributed by atoms with Crippen LogP contribution >= 0.6 is 11.6 Å². The topological polar surface area (TPSA) is 105 Å². The maximum atomic E-state index is 12.5. The molecule has 0 spiro atoms. The summed E-state index contributed by atoms with van der Waals surface area (Å²) in [6, 6.07) is 7.99. The third-order valence-electron chi connectivity index (χ3n) is 4.74. The molecule has 0 fully saturated rings. The number of aromatic amines is 1. The van der Waals surface area contributed by atoms with Crippen LogP contribution in [0.4, 0.5) is 5.69 Å². The summed E-state index contributed by atoms with van der Waals surface area (Å²) in [5.41, 5.74) is 2.73. The van der Waals surface area contributed by atoms with Gasteiger partial charge in [-0.25, -0.2) is 4.98 Å². The molecule has 2 aromatic heterocycles. The molecule has 3 aromatic rings. The van der Waals surface area contributed by atoms with Crippen LogP contribution in [0.1, 0.15) is 16.8 Å². The zero-order chi connectivity index (χ0) is 19.7. The second-order valence-corrected chi connectivity index (χ2v) is 6.98. The summed E-state index contributed by atoms with van der Waals surface area (Å²) in [7, 11) is 0. The van der Waals surface area contributed by atoms with Crippen molar-refractivity contribution in [2.24, 2.45) is 0 Å². The molecule has 28 heavy (non-hydrogen) atoms. The summed E-state index contributed by atoms with van der Waals surface area (Å²) in [5, 5.41) is 11.5. The quantitative estimate of drug-likeness (QED) is 0.536. The molecule has 0 amide bonds. The van der Waals surface area contributed by atoms with Crippen LogP contribution in [0.5, 0.6) is 0 Å². The lowest BCUT2D eigenvalue weighted by atomic mass is 10.0. The molecule has 0 bridgehead atoms. The van der Waals surface area contributed by atoms with Crippen molar-refractivity contribution in [3.8, 4) is 11.4 Å². The van der Waals surface area contributed by atoms with Gasteiger partial charge in [0.05, 0.1) is 10.6 Å². The maximum absolute atomic E-state index is 12.5. The summed E-state index contributed by atoms with van der Waals surface area (Å²) in [5.74, 6) is 0.501. The Hall–Kier alpha value is -3.10. The average molecular weight is 398 g/mol. The van der Waals surface area contributed by atoms with E-state index in [1.165, 1.54) is 18.2 Å². The minimum atomic E-state index is -0.437. The van der Waals surface area contributed by atoms with Crippen LogP contribution in [-0.2, 0) is 19.5 Å². The molecule has 1 aliphatic rings. The number of H-pyrrole nitrogens is 1. The van der Waals surface area contributed by atoms with Crippen LogP contribution < -0.4 is 5.56 Å². The van der Waals surface area contributed by atoms with Gasteiger partial charge >= 0.3 is 0 Å². The number of fused-ring (bicyclic) bond motifs is 1. The molecular weight excluding hydrogens is 382 g/mol. The molecule has 0 saturated heterocycles. The first-order valence-electron chi connectivity index (χ1n) is 8.69. The number of hydrogen-bond donors (Lipinski definition) is 1. The molecule has 0 atom stereocenters. The van der Waals surface area contributed by atoms with E-state index in [-0.39, 0.29) is 11.2 Å². The summed E-state index contributed by atoms with van der Waals surface area (Å²) >= 11 is 6.23. The first-order chi connectivity index (χ1) is 13.5. The van der Waals surface area contributed by atoms with E-state index in [4.69, 9.17) is 11.6 Å². The second kappa shape index (κ2) is 7.49. The van der Waals surface area contributed by atoms with E-state index in [1.54, 1.807) is 24.5 Å². The van der Waals surface area contributed by atoms with E-state index >= 15 is 0 Å². The van der Waals surface area contributed by atoms with E-state index in [2.05, 4.69) is 19.9 Å². The normalized spacial score (nSPS) is 13.9. The van der Waals surface area contributed by atoms with Gasteiger partial charge in [0.2, 0.25) is 0 Å². The van der Waals surface area contributed by atoms with Crippen LogP contribution in [0.25, 0.3) is 11.4 Å². The Morgan fingerprint density at radius 2 is 2.04 bits per heavy atom. The van der Waals surface area contributed by atoms with Crippen molar-refractivity contribution in [1.82, 2.24) is 19.9 Å². The molecule has 1 aromatic carbocycles. The first-order valence-corrected chi connectivity index (χ1v) is 9.06. The number of rotatable bonds is 4. The number of non-ortho nitro benzene ring substituents is 1. The van der Waals surface area contributed by atoms with Gasteiger partial charge in [-0.3, -0.25) is 24.8 Å². The number of halogens is 1. The monoisotopic (exact) mass is 397 g/mol. The summed E-state index contributed by atoms with van der Waals surface area (Å²) in [4.78, 5) is 36.6. The Morgan fingerprint density at radius 1 is 1.25 bits per heavy atom. The molecule has 0 unspecified atom stereocenters. The van der Waals surface area contributed by atoms with Gasteiger partial charge < -0.3 is 4.98 Å². The smallest absolute Gasteiger partial charge is 0.269 e. The minimum Gasteiger partial charge on any atom is -0.306 e. The molecular formula is C19H16ClN5O3. The molecule has 1 aliphatic heterocycles. The molecule has 4 rings (SSSR count). The fourth-order valence-corrected chi connectivity index (χ4v) is 3.49. The highest BCUT2D eigenvalue weighted by Crippen LogP contribution is 2.25. The number of nitro groups is 1. The van der Waals surface area contributed by atoms with Crippen LogP contribution in [0, 0.1) is 10.1 Å². The van der Waals surface area contributed by atoms with E-state index in [9.17, 15) is 14.9 Å². The van der Waals surface area contributed by atoms with Gasteiger partial charge in [-0.1, -0.05) is 11.6 Å². The highest BCUT2D eigenvalue weighted by atomic mass is 35.5. The number of benzene rings is 1. The second-order valence-electron chi connectivity index (χ2n) is 6.57. The fraction of sp³-hybridized carbons (Fsp3) is 0.211. The molecule has 0 saturated carbocycles. The predicted molar refractivity (Wildman–Crippen MR) is 104 cm³/mol. The summed E-state index contributed by atoms with van der Waals surface area (Å²) in [6.07, 6.45) is 3.84. The molecule has 8 nitrogen and oxygen atoms in total. The van der Waals surface area contributed by atoms with E-state index in [0.29, 0.717) is 53.7 Å². The van der Waals surface area contributed by atoms with E-state index < -0.39 is 4.92 Å². The Morgan fingerprint density at radius 3 is 2.79 bits per heavy atom. The third-order valence-corrected chi connectivity index (χ3v) is 5.11. The van der Waals surface area contributed by atoms with Crippen molar-refractivity contribution in [3.63, 3.8) is 0 Å². The van der Waals surface area contributed by atoms with Crippen molar-refractivity contribution in [2.75, 3.05) is 6.54 Å². The van der Waals surface area contributed by atoms with Crippen LogP contribution in [0.15, 0.2) is 47.5 Å². The lowest BCUT2D eigenvalue weighted by molar-refractivity contribution is -0.384. The van der Waals surface area contributed by atoms with Crippen LogP contribution in [0.3, 0.4) is 0 Å². The van der Waals surface area contributed by atoms with Gasteiger partial charge in [0.15, 0.2) is 0 Å². The predicted octanol–water partition coefficient (Wildman–Crippen LogP) is 2.95. The number of aromatic nitrogens is 3. The standard InChI is InChI=1S/C19H16ClN5O3/c20-16-2-1-14(25(27)28)9-13(16)10-24-8-5-15-17(11-24)22-18(23-19(15)26)12-3-6-21-7-4-12/h1-4,6-7,9H,5,8,10-11H2,(H,22,23,26). The van der Waals surface area contributed by atoms with Gasteiger partial charge in [0.1, 0.15) is 5.82 Å².